The average molecular weight is 1160 g/mol. The number of nitrogens with one attached hydrogen (secondary N) is 2. The van der Waals surface area contributed by atoms with Crippen molar-refractivity contribution in [2.45, 2.75) is 83.5 Å². The Hall–Kier alpha value is -9.02. The van der Waals surface area contributed by atoms with Crippen LogP contribution in [0.25, 0.3) is 0 Å². The van der Waals surface area contributed by atoms with Crippen LogP contribution in [0.5, 0.6) is 23.0 Å². The van der Waals surface area contributed by atoms with E-state index in [0.717, 1.165) is 77.4 Å². The molecule has 0 aliphatic carbocycles. The Bertz CT molecular complexity index is 3530. The lowest BCUT2D eigenvalue weighted by Crippen LogP contribution is -2.45. The van der Waals surface area contributed by atoms with Crippen LogP contribution in [0.2, 0.25) is 38.3 Å². The number of benzene rings is 5. The summed E-state index contributed by atoms with van der Waals surface area (Å²) in [7, 11) is -4.98. The Morgan fingerprint density at radius 1 is 0.568 bits per heavy atom. The number of aromatic hydroxyl groups is 2. The zero-order valence-electron chi connectivity index (χ0n) is 44.4. The standard InChI is InChI=1S/C55H53F3N4O17Si2/c1-28-18-39(45(78-27-64)24-32(28)52(73)74)47(68)60-41-21-31(11-13-43(41)66)54(3,55(56,57)58)30-10-12-42(65)40(20-30)59-46(67)33-22-35-36(23-38(33)53(75)76)50(71)62(49(35)70)15-9-17-81(6,7)79-80(4,5)16-8-14-61-48(69)34-19-29(2)44(77-26-63)25-37(34)51(61)72/h10-13,18-27,65-66H,8-9,14-17H2,1-7H3,(H,59,67)(H,60,68)(H,73,74)(H,75,76). The highest BCUT2D eigenvalue weighted by molar-refractivity contribution is 6.84. The quantitative estimate of drug-likeness (QED) is 0.0163. The fourth-order valence-electron chi connectivity index (χ4n) is 9.90. The molecule has 6 amide bonds. The van der Waals surface area contributed by atoms with Crippen LogP contribution >= 0.6 is 0 Å². The largest absolute Gasteiger partial charge is 0.506 e. The molecule has 6 N–H and O–H groups in total. The normalized spacial score (nSPS) is 14.0. The molecule has 1 unspecified atom stereocenters. The van der Waals surface area contributed by atoms with Gasteiger partial charge >= 0.3 is 18.1 Å². The Morgan fingerprint density at radius 3 is 1.43 bits per heavy atom. The van der Waals surface area contributed by atoms with Crippen LogP contribution in [0.3, 0.4) is 0 Å². The molecule has 5 aromatic rings. The summed E-state index contributed by atoms with van der Waals surface area (Å²) >= 11 is 0. The molecule has 1 atom stereocenters. The summed E-state index contributed by atoms with van der Waals surface area (Å²) < 4.78 is 62.9. The summed E-state index contributed by atoms with van der Waals surface area (Å²) in [6.45, 7) is 11.8. The molecular weight excluding hydrogens is 1100 g/mol. The van der Waals surface area contributed by atoms with Crippen molar-refractivity contribution in [2.24, 2.45) is 0 Å². The third kappa shape index (κ3) is 12.0. The number of anilines is 2. The topological polar surface area (TPSA) is 310 Å². The van der Waals surface area contributed by atoms with Crippen molar-refractivity contribution in [2.75, 3.05) is 23.7 Å². The van der Waals surface area contributed by atoms with Crippen molar-refractivity contribution in [3.63, 3.8) is 0 Å². The zero-order valence-corrected chi connectivity index (χ0v) is 46.4. The predicted octanol–water partition coefficient (Wildman–Crippen LogP) is 8.65. The van der Waals surface area contributed by atoms with Crippen LogP contribution in [-0.2, 0) is 19.1 Å². The number of carboxylic acid groups (broad SMARTS) is 2. The van der Waals surface area contributed by atoms with E-state index in [1.54, 1.807) is 6.92 Å². The van der Waals surface area contributed by atoms with Gasteiger partial charge in [-0.15, -0.1) is 0 Å². The van der Waals surface area contributed by atoms with Gasteiger partial charge in [-0.25, -0.2) is 9.59 Å². The van der Waals surface area contributed by atoms with Crippen molar-refractivity contribution >= 4 is 88.3 Å². The van der Waals surface area contributed by atoms with Gasteiger partial charge in [0.15, 0.2) is 16.6 Å². The summed E-state index contributed by atoms with van der Waals surface area (Å²) in [5, 5.41) is 45.8. The highest BCUT2D eigenvalue weighted by Gasteiger charge is 2.54. The van der Waals surface area contributed by atoms with Gasteiger partial charge in [-0.1, -0.05) is 12.1 Å². The molecule has 81 heavy (non-hydrogen) atoms. The maximum absolute atomic E-state index is 15.5. The number of alkyl halides is 3. The number of amides is 6. The highest BCUT2D eigenvalue weighted by Crippen LogP contribution is 2.49. The molecule has 424 valence electrons. The SMILES string of the molecule is Cc1cc2c(cc1OC=O)C(=O)N(CCC[Si](C)(C)O[Si](C)(C)CCCN1C(=O)c3cc(C(=O)O)c(C(=O)Nc4cc(C(C)(c5ccc(O)c(NC(=O)c6cc(C)c(C(=O)O)cc6OC=O)c5)C(F)(F)F)ccc4O)cc3C1=O)C2=O. The number of imide groups is 2. The maximum Gasteiger partial charge on any atom is 0.402 e. The molecule has 0 aromatic heterocycles. The number of aryl methyl sites for hydroxylation is 2. The van der Waals surface area contributed by atoms with Crippen LogP contribution in [0.1, 0.15) is 125 Å². The van der Waals surface area contributed by atoms with E-state index >= 15 is 13.2 Å². The molecule has 2 aliphatic rings. The van der Waals surface area contributed by atoms with Crippen LogP contribution in [0.4, 0.5) is 24.5 Å². The molecule has 0 saturated heterocycles. The summed E-state index contributed by atoms with van der Waals surface area (Å²) in [6.07, 6.45) is -4.48. The first-order chi connectivity index (χ1) is 37.8. The number of ether oxygens (including phenoxy) is 2. The van der Waals surface area contributed by atoms with E-state index in [1.807, 2.05) is 26.2 Å². The first-order valence-corrected chi connectivity index (χ1v) is 31.0. The van der Waals surface area contributed by atoms with E-state index in [1.165, 1.54) is 19.1 Å². The second-order valence-electron chi connectivity index (χ2n) is 20.7. The molecule has 5 aromatic carbocycles. The van der Waals surface area contributed by atoms with Crippen LogP contribution in [0, 0.1) is 13.8 Å². The number of hydrogen-bond acceptors (Lipinski definition) is 15. The Kier molecular flexibility index (Phi) is 16.7. The van der Waals surface area contributed by atoms with E-state index in [-0.39, 0.29) is 71.6 Å². The van der Waals surface area contributed by atoms with Gasteiger partial charge in [0.1, 0.15) is 28.4 Å². The monoisotopic (exact) mass is 1150 g/mol. The van der Waals surface area contributed by atoms with Crippen molar-refractivity contribution in [3.05, 3.63) is 140 Å². The van der Waals surface area contributed by atoms with E-state index in [4.69, 9.17) is 13.6 Å². The van der Waals surface area contributed by atoms with Gasteiger partial charge in [-0.3, -0.25) is 48.2 Å². The number of fused-ring (bicyclic) bond motifs is 2. The minimum atomic E-state index is -5.20. The number of carbonyl (C=O) groups is 10. The summed E-state index contributed by atoms with van der Waals surface area (Å²) in [4.78, 5) is 130. The molecule has 7 rings (SSSR count). The lowest BCUT2D eigenvalue weighted by atomic mass is 9.75. The van der Waals surface area contributed by atoms with E-state index in [2.05, 4.69) is 10.6 Å². The first-order valence-electron chi connectivity index (χ1n) is 24.8. The van der Waals surface area contributed by atoms with Gasteiger partial charge in [0, 0.05) is 13.1 Å². The van der Waals surface area contributed by atoms with Crippen LogP contribution < -0.4 is 20.1 Å². The molecule has 0 saturated carbocycles. The third-order valence-corrected chi connectivity index (χ3v) is 21.6. The summed E-state index contributed by atoms with van der Waals surface area (Å²) in [5.74, 6) is -10.1. The highest BCUT2D eigenvalue weighted by atomic mass is 28.4. The zero-order chi connectivity index (χ0) is 59.8. The van der Waals surface area contributed by atoms with E-state index in [0.29, 0.717) is 24.1 Å². The number of phenolic OH excluding ortho intramolecular Hbond substituents is 2. The molecule has 2 heterocycles. The Labute approximate surface area is 461 Å². The molecule has 2 aliphatic heterocycles. The van der Waals surface area contributed by atoms with Gasteiger partial charge in [-0.2, -0.15) is 13.2 Å². The number of nitrogens with zero attached hydrogens (tertiary/aromatic N) is 2. The van der Waals surface area contributed by atoms with Crippen molar-refractivity contribution in [3.8, 4) is 23.0 Å². The number of hydrogen-bond donors (Lipinski definition) is 6. The van der Waals surface area contributed by atoms with Gasteiger partial charge in [0.25, 0.3) is 48.4 Å². The number of carboxylic acids is 2. The molecule has 0 radical (unpaired) electrons. The fourth-order valence-corrected chi connectivity index (χ4v) is 18.7. The van der Waals surface area contributed by atoms with Crippen LogP contribution in [-0.4, -0.2) is 126 Å². The molecule has 21 nitrogen and oxygen atoms in total. The predicted molar refractivity (Wildman–Crippen MR) is 286 cm³/mol. The smallest absolute Gasteiger partial charge is 0.402 e. The van der Waals surface area contributed by atoms with Crippen molar-refractivity contribution < 1.29 is 95.1 Å². The first kappa shape index (κ1) is 59.6. The molecular formula is C55H53F3N4O17Si2. The van der Waals surface area contributed by atoms with Gasteiger partial charge < -0.3 is 44.6 Å². The third-order valence-electron chi connectivity index (χ3n) is 14.1. The number of rotatable bonds is 22. The lowest BCUT2D eigenvalue weighted by molar-refractivity contribution is -0.173. The average Bonchev–Trinajstić information content (AvgIpc) is 3.75. The number of halogens is 3. The van der Waals surface area contributed by atoms with E-state index < -0.39 is 132 Å². The molecule has 0 spiro atoms. The maximum atomic E-state index is 15.5. The van der Waals surface area contributed by atoms with Crippen molar-refractivity contribution in [1.82, 2.24) is 9.80 Å². The van der Waals surface area contributed by atoms with Gasteiger partial charge in [0.05, 0.1) is 55.9 Å². The van der Waals surface area contributed by atoms with Gasteiger partial charge in [-0.05, 0) is 155 Å². The lowest BCUT2D eigenvalue weighted by Gasteiger charge is -2.34. The van der Waals surface area contributed by atoms with E-state index in [9.17, 15) is 68.4 Å². The van der Waals surface area contributed by atoms with Crippen molar-refractivity contribution in [1.29, 1.82) is 0 Å². The molecule has 0 bridgehead atoms. The molecule has 26 heteroatoms. The Morgan fingerprint density at radius 2 is 0.988 bits per heavy atom. The number of phenols is 2. The Balaban J connectivity index is 1.04. The fraction of sp³-hybridized carbons (Fsp3) is 0.273. The summed E-state index contributed by atoms with van der Waals surface area (Å²) in [6, 6.07) is 12.5. The number of aromatic carboxylic acids is 2. The minimum Gasteiger partial charge on any atom is -0.506 e. The second-order valence-corrected chi connectivity index (χ2v) is 29.5. The number of carbonyl (C=O) groups excluding carboxylic acids is 8. The van der Waals surface area contributed by atoms with Gasteiger partial charge in [0.2, 0.25) is 0 Å². The summed E-state index contributed by atoms with van der Waals surface area (Å²) in [5.41, 5.74) is -7.45. The van der Waals surface area contributed by atoms with Crippen LogP contribution in [0.15, 0.2) is 72.8 Å². The molecule has 0 fully saturated rings. The minimum absolute atomic E-state index is 0.0474. The second kappa shape index (κ2) is 22.6.